The van der Waals surface area contributed by atoms with Gasteiger partial charge in [0.25, 0.3) is 0 Å². The predicted octanol–water partition coefficient (Wildman–Crippen LogP) is 4.58. The highest BCUT2D eigenvalue weighted by Crippen LogP contribution is 2.20. The van der Waals surface area contributed by atoms with Crippen LogP contribution < -0.4 is 0 Å². The first-order valence-electron chi connectivity index (χ1n) is 5.73. The van der Waals surface area contributed by atoms with Crippen LogP contribution in [0.2, 0.25) is 19.6 Å². The zero-order valence-corrected chi connectivity index (χ0v) is 13.5. The van der Waals surface area contributed by atoms with Crippen molar-refractivity contribution in [1.82, 2.24) is 0 Å². The first kappa shape index (κ1) is 14.7. The van der Waals surface area contributed by atoms with Gasteiger partial charge >= 0.3 is 0 Å². The maximum Gasteiger partial charge on any atom is 0.129 e. The minimum atomic E-state index is -1.29. The largest absolute Gasteiger partial charge is 0.130 e. The van der Waals surface area contributed by atoms with Gasteiger partial charge in [0, 0.05) is 10.6 Å². The number of benzene rings is 1. The number of halogens is 1. The topological polar surface area (TPSA) is 0 Å². The minimum absolute atomic E-state index is 0.0481. The van der Waals surface area contributed by atoms with Crippen LogP contribution in [-0.4, -0.2) is 19.2 Å². The lowest BCUT2D eigenvalue weighted by Gasteiger charge is -2.06. The lowest BCUT2D eigenvalue weighted by Crippen LogP contribution is -2.17. The second-order valence-corrected chi connectivity index (χ2v) is 11.5. The van der Waals surface area contributed by atoms with Gasteiger partial charge < -0.3 is 0 Å². The van der Waals surface area contributed by atoms with Gasteiger partial charge in [-0.05, 0) is 19.1 Å². The Kier molecular flexibility index (Phi) is 5.65. The van der Waals surface area contributed by atoms with Gasteiger partial charge in [-0.2, -0.15) is 0 Å². The van der Waals surface area contributed by atoms with Gasteiger partial charge in [-0.3, -0.25) is 0 Å². The Morgan fingerprint density at radius 3 is 2.35 bits per heavy atom. The van der Waals surface area contributed by atoms with Gasteiger partial charge in [0.05, 0.1) is 0 Å². The molecule has 0 heterocycles. The standard InChI is InChI=1S/C14H19ClSSi/c1-12-5-7-14(8-6-12)16-11-13(15)9-10-17(2,3)4/h5-8,13H,11H2,1-4H3. The first-order valence-corrected chi connectivity index (χ1v) is 10.7. The third kappa shape index (κ3) is 6.83. The maximum absolute atomic E-state index is 6.20. The van der Waals surface area contributed by atoms with Crippen LogP contribution in [0.4, 0.5) is 0 Å². The fraction of sp³-hybridized carbons (Fsp3) is 0.429. The second kappa shape index (κ2) is 6.54. The highest BCUT2D eigenvalue weighted by molar-refractivity contribution is 7.99. The molecule has 92 valence electrons. The van der Waals surface area contributed by atoms with Crippen LogP contribution in [0.15, 0.2) is 29.2 Å². The van der Waals surface area contributed by atoms with Crippen LogP contribution in [-0.2, 0) is 0 Å². The summed E-state index contributed by atoms with van der Waals surface area (Å²) in [5.41, 5.74) is 4.60. The van der Waals surface area contributed by atoms with E-state index in [2.05, 4.69) is 62.3 Å². The molecule has 0 aliphatic carbocycles. The molecule has 0 fully saturated rings. The fourth-order valence-electron chi connectivity index (χ4n) is 1.14. The average molecular weight is 283 g/mol. The van der Waals surface area contributed by atoms with Crippen LogP contribution in [0.5, 0.6) is 0 Å². The van der Waals surface area contributed by atoms with Gasteiger partial charge in [0.1, 0.15) is 13.5 Å². The van der Waals surface area contributed by atoms with Crippen LogP contribution in [0.1, 0.15) is 5.56 Å². The second-order valence-electron chi connectivity index (χ2n) is 5.11. The number of hydrogen-bond donors (Lipinski definition) is 0. The molecule has 3 heteroatoms. The van der Waals surface area contributed by atoms with E-state index in [1.807, 2.05) is 0 Å². The quantitative estimate of drug-likeness (QED) is 0.339. The molecule has 17 heavy (non-hydrogen) atoms. The molecule has 0 saturated heterocycles. The van der Waals surface area contributed by atoms with Gasteiger partial charge in [-0.1, -0.05) is 43.3 Å². The molecule has 0 aromatic heterocycles. The van der Waals surface area contributed by atoms with E-state index in [4.69, 9.17) is 11.6 Å². The van der Waals surface area contributed by atoms with Crippen LogP contribution in [0, 0.1) is 18.4 Å². The molecule has 1 unspecified atom stereocenters. The zero-order chi connectivity index (χ0) is 12.9. The Labute approximate surface area is 115 Å². The van der Waals surface area contributed by atoms with Gasteiger partial charge in [-0.25, -0.2) is 0 Å². The SMILES string of the molecule is Cc1ccc(SCC(Cl)C#C[Si](C)(C)C)cc1. The van der Waals surface area contributed by atoms with Crippen molar-refractivity contribution < 1.29 is 0 Å². The summed E-state index contributed by atoms with van der Waals surface area (Å²) in [6.45, 7) is 8.79. The van der Waals surface area contributed by atoms with E-state index in [9.17, 15) is 0 Å². The lowest BCUT2D eigenvalue weighted by atomic mass is 10.2. The van der Waals surface area contributed by atoms with Crippen LogP contribution >= 0.6 is 23.4 Å². The lowest BCUT2D eigenvalue weighted by molar-refractivity contribution is 1.29. The van der Waals surface area contributed by atoms with Crippen molar-refractivity contribution >= 4 is 31.4 Å². The molecule has 0 spiro atoms. The Morgan fingerprint density at radius 2 is 1.82 bits per heavy atom. The number of alkyl halides is 1. The molecular formula is C14H19ClSSi. The molecule has 0 bridgehead atoms. The van der Waals surface area contributed by atoms with Crippen molar-refractivity contribution in [3.8, 4) is 11.5 Å². The molecule has 0 radical (unpaired) electrons. The summed E-state index contributed by atoms with van der Waals surface area (Å²) in [4.78, 5) is 1.26. The van der Waals surface area contributed by atoms with E-state index < -0.39 is 8.07 Å². The summed E-state index contributed by atoms with van der Waals surface area (Å²) in [6, 6.07) is 8.52. The van der Waals surface area contributed by atoms with Crippen molar-refractivity contribution in [1.29, 1.82) is 0 Å². The number of thioether (sulfide) groups is 1. The van der Waals surface area contributed by atoms with Gasteiger partial charge in [-0.15, -0.1) is 28.9 Å². The predicted molar refractivity (Wildman–Crippen MR) is 82.7 cm³/mol. The summed E-state index contributed by atoms with van der Waals surface area (Å²) in [7, 11) is -1.29. The van der Waals surface area contributed by atoms with E-state index in [1.165, 1.54) is 10.5 Å². The summed E-state index contributed by atoms with van der Waals surface area (Å²) < 4.78 is 0. The molecule has 0 aliphatic rings. The Morgan fingerprint density at radius 1 is 1.24 bits per heavy atom. The molecule has 0 aliphatic heterocycles. The van der Waals surface area contributed by atoms with E-state index in [0.717, 1.165) is 5.75 Å². The fourth-order valence-corrected chi connectivity index (χ4v) is 2.83. The third-order valence-corrected chi connectivity index (χ3v) is 4.47. The smallest absolute Gasteiger partial charge is 0.129 e. The van der Waals surface area contributed by atoms with Crippen molar-refractivity contribution in [3.63, 3.8) is 0 Å². The zero-order valence-electron chi connectivity index (χ0n) is 10.9. The van der Waals surface area contributed by atoms with Crippen LogP contribution in [0.25, 0.3) is 0 Å². The highest BCUT2D eigenvalue weighted by Gasteiger charge is 2.09. The molecule has 0 nitrogen and oxygen atoms in total. The van der Waals surface area contributed by atoms with Crippen molar-refractivity contribution in [2.24, 2.45) is 0 Å². The molecular weight excluding hydrogens is 264 g/mol. The number of rotatable bonds is 3. The molecule has 0 amide bonds. The maximum atomic E-state index is 6.20. The minimum Gasteiger partial charge on any atom is -0.130 e. The van der Waals surface area contributed by atoms with Crippen molar-refractivity contribution in [2.75, 3.05) is 5.75 Å². The summed E-state index contributed by atoms with van der Waals surface area (Å²) in [5, 5.41) is -0.0481. The molecule has 1 aromatic rings. The molecule has 0 saturated carbocycles. The molecule has 1 rings (SSSR count). The van der Waals surface area contributed by atoms with E-state index >= 15 is 0 Å². The summed E-state index contributed by atoms with van der Waals surface area (Å²) in [6.07, 6.45) is 0. The summed E-state index contributed by atoms with van der Waals surface area (Å²) >= 11 is 7.96. The Balaban J connectivity index is 2.45. The first-order chi connectivity index (χ1) is 7.87. The number of hydrogen-bond acceptors (Lipinski definition) is 1. The van der Waals surface area contributed by atoms with Crippen LogP contribution in [0.3, 0.4) is 0 Å². The monoisotopic (exact) mass is 282 g/mol. The van der Waals surface area contributed by atoms with Gasteiger partial charge in [0.15, 0.2) is 0 Å². The van der Waals surface area contributed by atoms with Crippen molar-refractivity contribution in [2.45, 2.75) is 36.8 Å². The Bertz CT molecular complexity index is 409. The summed E-state index contributed by atoms with van der Waals surface area (Å²) in [5.74, 6) is 4.01. The average Bonchev–Trinajstić information content (AvgIpc) is 2.25. The van der Waals surface area contributed by atoms with Gasteiger partial charge in [0.2, 0.25) is 0 Å². The van der Waals surface area contributed by atoms with Crippen molar-refractivity contribution in [3.05, 3.63) is 29.8 Å². The van der Waals surface area contributed by atoms with E-state index in [1.54, 1.807) is 11.8 Å². The normalized spacial score (nSPS) is 12.8. The molecule has 1 atom stereocenters. The molecule has 0 N–H and O–H groups in total. The molecule has 1 aromatic carbocycles. The highest BCUT2D eigenvalue weighted by atomic mass is 35.5. The Hall–Kier alpha value is -0.363. The third-order valence-electron chi connectivity index (χ3n) is 2.02. The van der Waals surface area contributed by atoms with E-state index in [0.29, 0.717) is 0 Å². The van der Waals surface area contributed by atoms with E-state index in [-0.39, 0.29) is 5.38 Å². The number of aryl methyl sites for hydroxylation is 1.